The number of nitrogens with zero attached hydrogens (tertiary/aromatic N) is 3. The van der Waals surface area contributed by atoms with Gasteiger partial charge in [0.2, 0.25) is 0 Å². The van der Waals surface area contributed by atoms with Gasteiger partial charge in [0.25, 0.3) is 5.91 Å². The zero-order chi connectivity index (χ0) is 25.9. The van der Waals surface area contributed by atoms with Crippen molar-refractivity contribution in [3.05, 3.63) is 58.9 Å². The van der Waals surface area contributed by atoms with E-state index in [4.69, 9.17) is 4.74 Å². The molecular weight excluding hydrogens is 489 g/mol. The van der Waals surface area contributed by atoms with E-state index in [9.17, 15) is 18.0 Å². The second-order valence-corrected chi connectivity index (χ2v) is 10.6. The summed E-state index contributed by atoms with van der Waals surface area (Å²) in [6.07, 6.45) is 1.15. The van der Waals surface area contributed by atoms with Gasteiger partial charge in [-0.1, -0.05) is 30.3 Å². The molecule has 2 aliphatic heterocycles. The topological polar surface area (TPSA) is 111 Å². The molecule has 0 spiro atoms. The maximum Gasteiger partial charge on any atom is 0.326 e. The Bertz CT molecular complexity index is 1240. The van der Waals surface area contributed by atoms with Gasteiger partial charge in [-0.25, -0.2) is 18.2 Å². The van der Waals surface area contributed by atoms with Crippen LogP contribution in [0.4, 0.5) is 14.9 Å². The van der Waals surface area contributed by atoms with Crippen molar-refractivity contribution in [2.45, 2.75) is 26.0 Å². The summed E-state index contributed by atoms with van der Waals surface area (Å²) < 4.78 is 49.6. The smallest absolute Gasteiger partial charge is 0.326 e. The fourth-order valence-corrected chi connectivity index (χ4v) is 5.38. The van der Waals surface area contributed by atoms with Gasteiger partial charge in [-0.15, -0.1) is 0 Å². The third-order valence-corrected chi connectivity index (χ3v) is 7.43. The van der Waals surface area contributed by atoms with Crippen LogP contribution in [-0.4, -0.2) is 70.4 Å². The van der Waals surface area contributed by atoms with E-state index in [1.807, 2.05) is 54.0 Å². The highest BCUT2D eigenvalue weighted by atomic mass is 32.2. The van der Waals surface area contributed by atoms with Crippen LogP contribution in [0.3, 0.4) is 0 Å². The number of carbonyl (C=O) groups excluding carboxylic acids is 2. The van der Waals surface area contributed by atoms with Crippen molar-refractivity contribution in [2.75, 3.05) is 44.6 Å². The van der Waals surface area contributed by atoms with Crippen molar-refractivity contribution in [1.82, 2.24) is 19.8 Å². The average Bonchev–Trinajstić information content (AvgIpc) is 3.12. The summed E-state index contributed by atoms with van der Waals surface area (Å²) in [4.78, 5) is 28.1. The van der Waals surface area contributed by atoms with Gasteiger partial charge in [0.15, 0.2) is 5.82 Å². The summed E-state index contributed by atoms with van der Waals surface area (Å²) in [7, 11) is -0.379. The minimum atomic E-state index is -4.28. The van der Waals surface area contributed by atoms with Crippen LogP contribution in [0, 0.1) is 5.82 Å². The predicted octanol–water partition coefficient (Wildman–Crippen LogP) is 1.61. The number of nitrogens with one attached hydrogen (secondary N) is 2. The Morgan fingerprint density at radius 3 is 2.64 bits per heavy atom. The Morgan fingerprint density at radius 1 is 1.22 bits per heavy atom. The molecule has 12 heteroatoms. The van der Waals surface area contributed by atoms with Gasteiger partial charge in [-0.05, 0) is 50.7 Å². The van der Waals surface area contributed by atoms with Gasteiger partial charge in [0.1, 0.15) is 24.6 Å². The van der Waals surface area contributed by atoms with Crippen LogP contribution >= 0.6 is 0 Å². The van der Waals surface area contributed by atoms with E-state index in [1.54, 1.807) is 6.07 Å². The van der Waals surface area contributed by atoms with E-state index in [1.165, 1.54) is 4.90 Å². The van der Waals surface area contributed by atoms with E-state index < -0.39 is 28.5 Å². The molecule has 4 rings (SSSR count). The van der Waals surface area contributed by atoms with Crippen LogP contribution < -0.4 is 19.1 Å². The van der Waals surface area contributed by atoms with Crippen molar-refractivity contribution in [1.29, 1.82) is 0 Å². The molecule has 2 N–H and O–H groups in total. The van der Waals surface area contributed by atoms with Crippen molar-refractivity contribution >= 4 is 27.8 Å². The molecule has 2 aromatic rings. The minimum Gasteiger partial charge on any atom is -0.487 e. The first-order chi connectivity index (χ1) is 17.2. The zero-order valence-corrected chi connectivity index (χ0v) is 21.1. The van der Waals surface area contributed by atoms with Crippen molar-refractivity contribution in [3.63, 3.8) is 0 Å². The largest absolute Gasteiger partial charge is 0.487 e. The van der Waals surface area contributed by atoms with Crippen molar-refractivity contribution < 1.29 is 27.1 Å². The summed E-state index contributed by atoms with van der Waals surface area (Å²) in [6, 6.07) is 10.5. The number of amides is 3. The van der Waals surface area contributed by atoms with Crippen LogP contribution in [0.1, 0.15) is 23.1 Å². The molecule has 0 saturated carbocycles. The number of benzene rings is 2. The van der Waals surface area contributed by atoms with Crippen LogP contribution in [0.15, 0.2) is 36.4 Å². The highest BCUT2D eigenvalue weighted by Gasteiger charge is 2.39. The molecule has 0 aromatic heterocycles. The van der Waals surface area contributed by atoms with E-state index in [0.29, 0.717) is 29.4 Å². The summed E-state index contributed by atoms with van der Waals surface area (Å²) in [6.45, 7) is 1.19. The van der Waals surface area contributed by atoms with Gasteiger partial charge in [0.05, 0.1) is 6.54 Å². The number of hydrogen-bond acceptors (Lipinski definition) is 6. The second-order valence-electron chi connectivity index (χ2n) is 9.05. The first-order valence-corrected chi connectivity index (χ1v) is 13.1. The number of anilines is 1. The Labute approximate surface area is 210 Å². The predicted molar refractivity (Wildman–Crippen MR) is 132 cm³/mol. The van der Waals surface area contributed by atoms with Gasteiger partial charge in [-0.3, -0.25) is 4.79 Å². The maximum atomic E-state index is 16.0. The Balaban J connectivity index is 1.61. The molecule has 1 fully saturated rings. The normalized spacial score (nSPS) is 16.6. The average molecular weight is 520 g/mol. The molecule has 10 nitrogen and oxygen atoms in total. The monoisotopic (exact) mass is 519 g/mol. The minimum absolute atomic E-state index is 0.0248. The van der Waals surface area contributed by atoms with Crippen molar-refractivity contribution in [3.8, 4) is 5.75 Å². The lowest BCUT2D eigenvalue weighted by atomic mass is 9.97. The number of hydrogen-bond donors (Lipinski definition) is 2. The Hall–Kier alpha value is -3.38. The molecule has 0 aliphatic carbocycles. The van der Waals surface area contributed by atoms with Crippen LogP contribution in [0.25, 0.3) is 0 Å². The lowest BCUT2D eigenvalue weighted by Crippen LogP contribution is -2.43. The molecular formula is C24H30FN5O5S. The van der Waals surface area contributed by atoms with Gasteiger partial charge in [0, 0.05) is 18.7 Å². The lowest BCUT2D eigenvalue weighted by Gasteiger charge is -2.31. The number of urea groups is 1. The first kappa shape index (κ1) is 25.7. The molecule has 3 amide bonds. The fraction of sp³-hybridized carbons (Fsp3) is 0.417. The molecule has 0 unspecified atom stereocenters. The fourth-order valence-electron chi connectivity index (χ4n) is 4.22. The van der Waals surface area contributed by atoms with Crippen LogP contribution in [0.2, 0.25) is 0 Å². The number of carbonyl (C=O) groups is 2. The number of halogens is 1. The molecule has 2 heterocycles. The van der Waals surface area contributed by atoms with E-state index in [-0.39, 0.29) is 36.2 Å². The summed E-state index contributed by atoms with van der Waals surface area (Å²) in [5.41, 5.74) is 1.32. The summed E-state index contributed by atoms with van der Waals surface area (Å²) in [5, 5.41) is 2.85. The quantitative estimate of drug-likeness (QED) is 0.513. The standard InChI is InChI=1S/C24H30FN5O5S/c1-28(2)11-6-10-26-24(32)29-12-9-18-13-20(35-16-17-7-4-3-5-8-17)23(22(25)19(18)14-29)30-15-21(31)27-36(30,33)34/h3-5,7-8,13H,6,9-12,14-16H2,1-2H3,(H,26,32)(H,27,31). The lowest BCUT2D eigenvalue weighted by molar-refractivity contribution is -0.117. The molecule has 1 saturated heterocycles. The molecule has 0 bridgehead atoms. The Kier molecular flexibility index (Phi) is 7.65. The van der Waals surface area contributed by atoms with Gasteiger partial charge < -0.3 is 19.9 Å². The maximum absolute atomic E-state index is 16.0. The molecule has 194 valence electrons. The third-order valence-electron chi connectivity index (χ3n) is 6.05. The summed E-state index contributed by atoms with van der Waals surface area (Å²) >= 11 is 0. The molecule has 2 aromatic carbocycles. The van der Waals surface area contributed by atoms with E-state index in [2.05, 4.69) is 5.32 Å². The SMILES string of the molecule is CN(C)CCCNC(=O)N1CCc2cc(OCc3ccccc3)c(N3CC(=O)NS3(=O)=O)c(F)c2C1. The first-order valence-electron chi connectivity index (χ1n) is 11.7. The highest BCUT2D eigenvalue weighted by Crippen LogP contribution is 2.40. The second kappa shape index (κ2) is 10.7. The van der Waals surface area contributed by atoms with Crippen molar-refractivity contribution in [2.24, 2.45) is 0 Å². The van der Waals surface area contributed by atoms with Crippen LogP contribution in [-0.2, 0) is 34.6 Å². The molecule has 0 radical (unpaired) electrons. The van der Waals surface area contributed by atoms with E-state index >= 15 is 4.39 Å². The third kappa shape index (κ3) is 5.71. The highest BCUT2D eigenvalue weighted by molar-refractivity contribution is 7.92. The Morgan fingerprint density at radius 2 is 1.97 bits per heavy atom. The molecule has 0 atom stereocenters. The van der Waals surface area contributed by atoms with Gasteiger partial charge in [-0.2, -0.15) is 8.42 Å². The van der Waals surface area contributed by atoms with Gasteiger partial charge >= 0.3 is 16.2 Å². The van der Waals surface area contributed by atoms with Crippen LogP contribution in [0.5, 0.6) is 5.75 Å². The summed E-state index contributed by atoms with van der Waals surface area (Å²) in [5.74, 6) is -1.56. The number of fused-ring (bicyclic) bond motifs is 1. The zero-order valence-electron chi connectivity index (χ0n) is 20.3. The molecule has 36 heavy (non-hydrogen) atoms. The molecule has 2 aliphatic rings. The van der Waals surface area contributed by atoms with E-state index in [0.717, 1.165) is 18.5 Å². The number of ether oxygens (including phenoxy) is 1. The number of rotatable bonds is 8.